The third-order valence-corrected chi connectivity index (χ3v) is 6.09. The number of para-hydroxylation sites is 1. The Kier molecular flexibility index (Phi) is 6.98. The van der Waals surface area contributed by atoms with Crippen molar-refractivity contribution in [3.05, 3.63) is 132 Å². The molecule has 0 atom stereocenters. The van der Waals surface area contributed by atoms with Crippen molar-refractivity contribution in [3.63, 3.8) is 0 Å². The highest BCUT2D eigenvalue weighted by molar-refractivity contribution is 5.80. The maximum atomic E-state index is 5.95. The van der Waals surface area contributed by atoms with Crippen LogP contribution >= 0.6 is 0 Å². The molecule has 0 radical (unpaired) electrons. The summed E-state index contributed by atoms with van der Waals surface area (Å²) < 4.78 is 5.95. The van der Waals surface area contributed by atoms with Gasteiger partial charge in [-0.25, -0.2) is 0 Å². The molecule has 0 spiro atoms. The van der Waals surface area contributed by atoms with E-state index < -0.39 is 0 Å². The van der Waals surface area contributed by atoms with Crippen LogP contribution in [-0.4, -0.2) is 42.3 Å². The van der Waals surface area contributed by atoms with E-state index in [2.05, 4.69) is 76.6 Å². The summed E-state index contributed by atoms with van der Waals surface area (Å²) in [5.41, 5.74) is 3.70. The lowest BCUT2D eigenvalue weighted by molar-refractivity contribution is 0.113. The summed E-state index contributed by atoms with van der Waals surface area (Å²) in [5, 5.41) is 6.93. The molecule has 0 unspecified atom stereocenters. The molecule has 34 heavy (non-hydrogen) atoms. The molecule has 170 valence electrons. The van der Waals surface area contributed by atoms with Gasteiger partial charge in [0.2, 0.25) is 0 Å². The van der Waals surface area contributed by atoms with E-state index in [0.29, 0.717) is 0 Å². The van der Waals surface area contributed by atoms with E-state index in [1.165, 1.54) is 11.1 Å². The monoisotopic (exact) mass is 447 g/mol. The van der Waals surface area contributed by atoms with E-state index in [1.54, 1.807) is 0 Å². The highest BCUT2D eigenvalue weighted by Crippen LogP contribution is 2.29. The van der Waals surface area contributed by atoms with Crippen LogP contribution < -0.4 is 4.74 Å². The number of nitrogens with zero attached hydrogens (tertiary/aromatic N) is 3. The second-order valence-corrected chi connectivity index (χ2v) is 8.45. The largest absolute Gasteiger partial charge is 0.457 e. The third-order valence-electron chi connectivity index (χ3n) is 6.09. The van der Waals surface area contributed by atoms with Crippen molar-refractivity contribution >= 4 is 6.21 Å². The van der Waals surface area contributed by atoms with E-state index in [-0.39, 0.29) is 6.04 Å². The molecule has 0 aliphatic carbocycles. The first-order valence-corrected chi connectivity index (χ1v) is 11.8. The summed E-state index contributed by atoms with van der Waals surface area (Å²) in [6.45, 7) is 3.71. The molecule has 1 aliphatic rings. The smallest absolute Gasteiger partial charge is 0.128 e. The average molecular weight is 448 g/mol. The summed E-state index contributed by atoms with van der Waals surface area (Å²) in [7, 11) is 0. The molecule has 0 amide bonds. The second kappa shape index (κ2) is 10.8. The molecule has 1 heterocycles. The molecular weight excluding hydrogens is 418 g/mol. The topological polar surface area (TPSA) is 28.1 Å². The van der Waals surface area contributed by atoms with Crippen molar-refractivity contribution in [3.8, 4) is 11.5 Å². The highest BCUT2D eigenvalue weighted by Gasteiger charge is 2.25. The van der Waals surface area contributed by atoms with Crippen LogP contribution in [0.4, 0.5) is 0 Å². The summed E-state index contributed by atoms with van der Waals surface area (Å²) in [6.07, 6.45) is 1.93. The predicted molar refractivity (Wildman–Crippen MR) is 138 cm³/mol. The molecule has 0 bridgehead atoms. The van der Waals surface area contributed by atoms with Gasteiger partial charge in [-0.2, -0.15) is 5.10 Å². The number of piperazine rings is 1. The minimum Gasteiger partial charge on any atom is -0.457 e. The van der Waals surface area contributed by atoms with Gasteiger partial charge in [0.05, 0.1) is 12.3 Å². The van der Waals surface area contributed by atoms with E-state index in [4.69, 9.17) is 9.84 Å². The Bertz CT molecular complexity index is 1150. The quantitative estimate of drug-likeness (QED) is 0.315. The molecule has 1 saturated heterocycles. The number of hydrogen-bond acceptors (Lipinski definition) is 4. The Hall–Kier alpha value is -3.89. The van der Waals surface area contributed by atoms with Crippen LogP contribution in [0.25, 0.3) is 0 Å². The van der Waals surface area contributed by atoms with Gasteiger partial charge in [-0.15, -0.1) is 0 Å². The van der Waals surface area contributed by atoms with Crippen molar-refractivity contribution in [2.75, 3.05) is 26.2 Å². The van der Waals surface area contributed by atoms with Gasteiger partial charge < -0.3 is 4.74 Å². The van der Waals surface area contributed by atoms with Gasteiger partial charge in [0.25, 0.3) is 0 Å². The van der Waals surface area contributed by atoms with E-state index in [9.17, 15) is 0 Å². The van der Waals surface area contributed by atoms with Gasteiger partial charge in [-0.05, 0) is 41.0 Å². The van der Waals surface area contributed by atoms with Crippen LogP contribution in [0.5, 0.6) is 11.5 Å². The van der Waals surface area contributed by atoms with E-state index in [1.807, 2.05) is 54.7 Å². The molecule has 1 fully saturated rings. The van der Waals surface area contributed by atoms with Crippen LogP contribution in [0.3, 0.4) is 0 Å². The van der Waals surface area contributed by atoms with Crippen LogP contribution in [-0.2, 0) is 0 Å². The summed E-state index contributed by atoms with van der Waals surface area (Å²) >= 11 is 0. The van der Waals surface area contributed by atoms with Crippen LogP contribution in [0.2, 0.25) is 0 Å². The molecule has 4 aromatic rings. The van der Waals surface area contributed by atoms with Crippen LogP contribution in [0.15, 0.2) is 120 Å². The number of benzene rings is 4. The van der Waals surface area contributed by atoms with E-state index >= 15 is 0 Å². The molecule has 4 nitrogen and oxygen atoms in total. The SMILES string of the molecule is C(=NN1CCN(C(c2ccccc2)c2ccccc2)CC1)c1cccc(Oc2ccccc2)c1. The standard InChI is InChI=1S/C30H29N3O/c1-4-12-26(13-5-1)30(27-14-6-2-7-15-27)32-19-21-33(22-20-32)31-24-25-11-10-18-29(23-25)34-28-16-8-3-9-17-28/h1-18,23-24,30H,19-22H2. The molecule has 0 saturated carbocycles. The van der Waals surface area contributed by atoms with Gasteiger partial charge in [0.1, 0.15) is 11.5 Å². The summed E-state index contributed by atoms with van der Waals surface area (Å²) in [4.78, 5) is 2.56. The Morgan fingerprint density at radius 1 is 0.618 bits per heavy atom. The Morgan fingerprint density at radius 2 is 1.18 bits per heavy atom. The fourth-order valence-corrected chi connectivity index (χ4v) is 4.40. The zero-order valence-electron chi connectivity index (χ0n) is 19.2. The van der Waals surface area contributed by atoms with Gasteiger partial charge in [0, 0.05) is 26.2 Å². The normalized spacial score (nSPS) is 14.6. The zero-order chi connectivity index (χ0) is 23.0. The molecule has 5 rings (SSSR count). The van der Waals surface area contributed by atoms with E-state index in [0.717, 1.165) is 43.2 Å². The summed E-state index contributed by atoms with van der Waals surface area (Å²) in [6, 6.07) is 39.7. The lowest BCUT2D eigenvalue weighted by atomic mass is 9.96. The molecule has 0 N–H and O–H groups in total. The van der Waals surface area contributed by atoms with Gasteiger partial charge in [-0.1, -0.05) is 91.0 Å². The Balaban J connectivity index is 1.23. The molecule has 0 aromatic heterocycles. The Morgan fingerprint density at radius 3 is 1.79 bits per heavy atom. The van der Waals surface area contributed by atoms with Gasteiger partial charge in [0.15, 0.2) is 0 Å². The second-order valence-electron chi connectivity index (χ2n) is 8.45. The first kappa shape index (κ1) is 21.9. The zero-order valence-corrected chi connectivity index (χ0v) is 19.2. The lowest BCUT2D eigenvalue weighted by Gasteiger charge is -2.38. The number of hydrogen-bond donors (Lipinski definition) is 0. The predicted octanol–water partition coefficient (Wildman–Crippen LogP) is 6.22. The van der Waals surface area contributed by atoms with Gasteiger partial charge in [-0.3, -0.25) is 9.91 Å². The first-order valence-electron chi connectivity index (χ1n) is 11.8. The fourth-order valence-electron chi connectivity index (χ4n) is 4.40. The van der Waals surface area contributed by atoms with Crippen LogP contribution in [0, 0.1) is 0 Å². The highest BCUT2D eigenvalue weighted by atomic mass is 16.5. The number of hydrazone groups is 1. The molecular formula is C30H29N3O. The fraction of sp³-hybridized carbons (Fsp3) is 0.167. The minimum absolute atomic E-state index is 0.264. The third kappa shape index (κ3) is 5.53. The average Bonchev–Trinajstić information content (AvgIpc) is 2.91. The minimum atomic E-state index is 0.264. The van der Waals surface area contributed by atoms with Crippen LogP contribution in [0.1, 0.15) is 22.7 Å². The first-order chi connectivity index (χ1) is 16.8. The van der Waals surface area contributed by atoms with Crippen molar-refractivity contribution in [2.45, 2.75) is 6.04 Å². The Labute approximate surface area is 201 Å². The van der Waals surface area contributed by atoms with Crippen molar-refractivity contribution in [1.82, 2.24) is 9.91 Å². The van der Waals surface area contributed by atoms with Crippen molar-refractivity contribution in [1.29, 1.82) is 0 Å². The van der Waals surface area contributed by atoms with Gasteiger partial charge >= 0.3 is 0 Å². The lowest BCUT2D eigenvalue weighted by Crippen LogP contribution is -2.45. The summed E-state index contributed by atoms with van der Waals surface area (Å²) in [5.74, 6) is 1.65. The molecule has 4 heteroatoms. The maximum Gasteiger partial charge on any atom is 0.128 e. The van der Waals surface area contributed by atoms with Crippen molar-refractivity contribution in [2.24, 2.45) is 5.10 Å². The number of ether oxygens (including phenoxy) is 1. The molecule has 4 aromatic carbocycles. The molecule has 1 aliphatic heterocycles. The maximum absolute atomic E-state index is 5.95. The van der Waals surface area contributed by atoms with Crippen molar-refractivity contribution < 1.29 is 4.74 Å². The number of rotatable bonds is 7.